The second-order valence-corrected chi connectivity index (χ2v) is 11.7. The monoisotopic (exact) mass is 555 g/mol. The number of hydrogen-bond acceptors (Lipinski definition) is 9. The van der Waals surface area contributed by atoms with E-state index >= 15 is 0 Å². The van der Waals surface area contributed by atoms with Crippen LogP contribution in [0.4, 0.5) is 11.5 Å². The van der Waals surface area contributed by atoms with Gasteiger partial charge in [0, 0.05) is 49.0 Å². The number of aryl methyl sites for hydroxylation is 1. The van der Waals surface area contributed by atoms with E-state index in [0.717, 1.165) is 70.0 Å². The minimum Gasteiger partial charge on any atom is -0.495 e. The zero-order valence-corrected chi connectivity index (χ0v) is 23.9. The Morgan fingerprint density at radius 1 is 1.23 bits per heavy atom. The van der Waals surface area contributed by atoms with Crippen LogP contribution in [0, 0.1) is 5.92 Å². The fourth-order valence-electron chi connectivity index (χ4n) is 5.51. The maximum Gasteiger partial charge on any atom is 0.226 e. The molecule has 6 rings (SSSR count). The van der Waals surface area contributed by atoms with Gasteiger partial charge in [-0.05, 0) is 73.8 Å². The van der Waals surface area contributed by atoms with E-state index < -0.39 is 0 Å². The number of anilines is 2. The van der Waals surface area contributed by atoms with Crippen molar-refractivity contribution in [2.75, 3.05) is 39.6 Å². The molecule has 0 unspecified atom stereocenters. The minimum atomic E-state index is -0.0557. The van der Waals surface area contributed by atoms with E-state index in [9.17, 15) is 4.79 Å². The first kappa shape index (κ1) is 26.3. The number of rotatable bonds is 9. The van der Waals surface area contributed by atoms with E-state index in [0.29, 0.717) is 19.6 Å². The lowest BCUT2D eigenvalue weighted by molar-refractivity contribution is -0.136. The van der Waals surface area contributed by atoms with E-state index in [2.05, 4.69) is 36.2 Å². The summed E-state index contributed by atoms with van der Waals surface area (Å²) in [5.41, 5.74) is 5.40. The van der Waals surface area contributed by atoms with Crippen molar-refractivity contribution in [3.05, 3.63) is 70.1 Å². The molecule has 1 aliphatic heterocycles. The van der Waals surface area contributed by atoms with Gasteiger partial charge in [0.05, 0.1) is 24.7 Å². The van der Waals surface area contributed by atoms with Gasteiger partial charge in [-0.3, -0.25) is 14.8 Å². The topological polar surface area (TPSA) is 95.8 Å². The van der Waals surface area contributed by atoms with Crippen LogP contribution >= 0.6 is 11.3 Å². The Bertz CT molecular complexity index is 1570. The zero-order chi connectivity index (χ0) is 27.6. The van der Waals surface area contributed by atoms with E-state index in [1.807, 2.05) is 49.6 Å². The number of hydrogen-bond donors (Lipinski definition) is 1. The van der Waals surface area contributed by atoms with Crippen LogP contribution in [0.2, 0.25) is 0 Å². The Hall–Kier alpha value is -3.89. The zero-order valence-electron chi connectivity index (χ0n) is 23.1. The molecule has 4 aromatic rings. The third-order valence-electron chi connectivity index (χ3n) is 7.63. The third-order valence-corrected chi connectivity index (χ3v) is 8.79. The van der Waals surface area contributed by atoms with Crippen LogP contribution in [-0.2, 0) is 30.7 Å². The molecule has 0 spiro atoms. The number of methoxy groups -OCH3 is 1. The average molecular weight is 556 g/mol. The molecule has 0 radical (unpaired) electrons. The Kier molecular flexibility index (Phi) is 7.44. The van der Waals surface area contributed by atoms with Gasteiger partial charge < -0.3 is 19.9 Å². The first-order chi connectivity index (χ1) is 19.5. The lowest BCUT2D eigenvalue weighted by Crippen LogP contribution is -2.41. The number of ether oxygens (including phenoxy) is 1. The van der Waals surface area contributed by atoms with E-state index in [4.69, 9.17) is 4.74 Å². The minimum absolute atomic E-state index is 0.0557. The van der Waals surface area contributed by atoms with Gasteiger partial charge in [0.1, 0.15) is 22.7 Å². The highest BCUT2D eigenvalue weighted by molar-refractivity contribution is 7.19. The first-order valence-corrected chi connectivity index (χ1v) is 14.4. The highest BCUT2D eigenvalue weighted by atomic mass is 32.1. The number of likely N-dealkylation sites (N-methyl/N-ethyl adjacent to an activating group) is 1. The number of aromatic nitrogens is 3. The van der Waals surface area contributed by atoms with Crippen molar-refractivity contribution in [1.82, 2.24) is 24.8 Å². The van der Waals surface area contributed by atoms with Crippen molar-refractivity contribution in [2.24, 2.45) is 10.9 Å². The van der Waals surface area contributed by atoms with Crippen molar-refractivity contribution < 1.29 is 9.53 Å². The van der Waals surface area contributed by atoms with Gasteiger partial charge >= 0.3 is 0 Å². The quantitative estimate of drug-likeness (QED) is 0.326. The predicted molar refractivity (Wildman–Crippen MR) is 159 cm³/mol. The molecule has 1 atom stereocenters. The number of nitrogens with one attached hydrogen (secondary N) is 1. The van der Waals surface area contributed by atoms with E-state index in [-0.39, 0.29) is 11.8 Å². The number of carbonyl (C=O) groups excluding carboxylic acids is 1. The number of carbonyl (C=O) groups is 1. The predicted octanol–water partition coefficient (Wildman–Crippen LogP) is 4.47. The summed E-state index contributed by atoms with van der Waals surface area (Å²) in [5.74, 6) is 1.68. The number of pyridine rings is 1. The standard InChI is InChI=1S/C30H33N7O2S/c1-36(2)9-10-37(17-19-5-4-8-31-14-19)30(38)20-6-7-23-26(13-20)40-29-27(23)28(33-18-34-29)35-24-11-21-15-32-16-22(21)12-25(24)39-3/h4-5,8,11-12,14-15,18,20H,6-7,9-10,13,16-17H2,1-3H3,(H,33,34,35)/t20-/m0/s1. The highest BCUT2D eigenvalue weighted by Gasteiger charge is 2.32. The summed E-state index contributed by atoms with van der Waals surface area (Å²) in [4.78, 5) is 38.0. The smallest absolute Gasteiger partial charge is 0.226 e. The number of fused-ring (bicyclic) bond motifs is 4. The van der Waals surface area contributed by atoms with Gasteiger partial charge in [-0.15, -0.1) is 11.3 Å². The molecular formula is C30H33N7O2S. The Morgan fingerprint density at radius 2 is 2.12 bits per heavy atom. The average Bonchev–Trinajstić information content (AvgIpc) is 3.58. The number of nitrogens with zero attached hydrogens (tertiary/aromatic N) is 6. The van der Waals surface area contributed by atoms with Gasteiger partial charge in [-0.2, -0.15) is 0 Å². The molecule has 0 fully saturated rings. The van der Waals surface area contributed by atoms with Crippen LogP contribution in [-0.4, -0.2) is 71.2 Å². The Labute approximate surface area is 237 Å². The molecule has 1 N–H and O–H groups in total. The Balaban J connectivity index is 1.26. The van der Waals surface area contributed by atoms with Crippen molar-refractivity contribution in [3.8, 4) is 5.75 Å². The summed E-state index contributed by atoms with van der Waals surface area (Å²) >= 11 is 1.68. The lowest BCUT2D eigenvalue weighted by Gasteiger charge is -2.30. The van der Waals surface area contributed by atoms with E-state index in [1.165, 1.54) is 10.4 Å². The molecule has 40 heavy (non-hydrogen) atoms. The van der Waals surface area contributed by atoms with Crippen molar-refractivity contribution in [1.29, 1.82) is 0 Å². The maximum absolute atomic E-state index is 13.8. The summed E-state index contributed by atoms with van der Waals surface area (Å²) in [7, 11) is 5.75. The van der Waals surface area contributed by atoms with Gasteiger partial charge in [0.25, 0.3) is 0 Å². The molecule has 0 bridgehead atoms. The molecule has 0 saturated carbocycles. The van der Waals surface area contributed by atoms with E-state index in [1.54, 1.807) is 31.0 Å². The largest absolute Gasteiger partial charge is 0.495 e. The van der Waals surface area contributed by atoms with Crippen molar-refractivity contribution in [2.45, 2.75) is 32.4 Å². The summed E-state index contributed by atoms with van der Waals surface area (Å²) in [5, 5.41) is 4.57. The van der Waals surface area contributed by atoms with Crippen LogP contribution in [0.15, 0.2) is 48.0 Å². The molecule has 2 aliphatic rings. The summed E-state index contributed by atoms with van der Waals surface area (Å²) < 4.78 is 5.68. The SMILES string of the molecule is COc1cc2c(cc1Nc1ncnc3sc4c(c13)CC[C@H](C(=O)N(CCN(C)C)Cc1cccnc1)C4)C=NC2. The molecule has 3 aromatic heterocycles. The summed E-state index contributed by atoms with van der Waals surface area (Å²) in [6.45, 7) is 2.75. The van der Waals surface area contributed by atoms with Crippen LogP contribution in [0.3, 0.4) is 0 Å². The first-order valence-electron chi connectivity index (χ1n) is 13.6. The second-order valence-electron chi connectivity index (χ2n) is 10.6. The molecule has 1 amide bonds. The van der Waals surface area contributed by atoms with Crippen LogP contribution < -0.4 is 10.1 Å². The molecular weight excluding hydrogens is 522 g/mol. The van der Waals surface area contributed by atoms with Crippen LogP contribution in [0.5, 0.6) is 5.75 Å². The number of aliphatic imine (C=N–C) groups is 1. The van der Waals surface area contributed by atoms with Crippen LogP contribution in [0.1, 0.15) is 33.6 Å². The molecule has 0 saturated heterocycles. The summed E-state index contributed by atoms with van der Waals surface area (Å²) in [6.07, 6.45) is 9.45. The fraction of sp³-hybridized carbons (Fsp3) is 0.367. The number of thiophene rings is 1. The van der Waals surface area contributed by atoms with Gasteiger partial charge in [-0.1, -0.05) is 6.07 Å². The number of benzene rings is 1. The molecule has 1 aliphatic carbocycles. The molecule has 10 heteroatoms. The molecule has 206 valence electrons. The normalized spacial score (nSPS) is 15.8. The Morgan fingerprint density at radius 3 is 2.92 bits per heavy atom. The maximum atomic E-state index is 13.8. The molecule has 4 heterocycles. The van der Waals surface area contributed by atoms with Crippen molar-refractivity contribution in [3.63, 3.8) is 0 Å². The van der Waals surface area contributed by atoms with Gasteiger partial charge in [0.15, 0.2) is 0 Å². The number of amides is 1. The lowest BCUT2D eigenvalue weighted by atomic mass is 9.86. The van der Waals surface area contributed by atoms with Gasteiger partial charge in [0.2, 0.25) is 5.91 Å². The van der Waals surface area contributed by atoms with Crippen LogP contribution in [0.25, 0.3) is 10.2 Å². The fourth-order valence-corrected chi connectivity index (χ4v) is 6.77. The highest BCUT2D eigenvalue weighted by Crippen LogP contribution is 2.42. The third kappa shape index (κ3) is 5.29. The second kappa shape index (κ2) is 11.3. The molecule has 1 aromatic carbocycles. The molecule has 9 nitrogen and oxygen atoms in total. The summed E-state index contributed by atoms with van der Waals surface area (Å²) in [6, 6.07) is 8.06. The van der Waals surface area contributed by atoms with Gasteiger partial charge in [-0.25, -0.2) is 9.97 Å². The van der Waals surface area contributed by atoms with Crippen molar-refractivity contribution >= 4 is 45.2 Å².